The van der Waals surface area contributed by atoms with Gasteiger partial charge < -0.3 is 24.6 Å². The van der Waals surface area contributed by atoms with E-state index in [-0.39, 0.29) is 17.2 Å². The van der Waals surface area contributed by atoms with Gasteiger partial charge in [-0.25, -0.2) is 4.79 Å². The molecule has 7 heteroatoms. The van der Waals surface area contributed by atoms with Gasteiger partial charge in [0, 0.05) is 25.2 Å². The van der Waals surface area contributed by atoms with Crippen molar-refractivity contribution in [1.29, 1.82) is 0 Å². The Morgan fingerprint density at radius 2 is 1.82 bits per heavy atom. The second-order valence-electron chi connectivity index (χ2n) is 5.19. The van der Waals surface area contributed by atoms with Crippen LogP contribution in [-0.2, 0) is 9.53 Å². The van der Waals surface area contributed by atoms with Crippen molar-refractivity contribution in [3.05, 3.63) is 17.7 Å². The predicted molar refractivity (Wildman–Crippen MR) is 76.6 cm³/mol. The highest BCUT2D eigenvalue weighted by atomic mass is 16.5. The van der Waals surface area contributed by atoms with Crippen LogP contribution in [0.15, 0.2) is 12.1 Å². The normalized spacial score (nSPS) is 20.3. The average Bonchev–Trinajstić information content (AvgIpc) is 2.93. The molecule has 118 valence electrons. The lowest BCUT2D eigenvalue weighted by molar-refractivity contribution is -0.124. The quantitative estimate of drug-likeness (QED) is 0.882. The van der Waals surface area contributed by atoms with Crippen LogP contribution in [0, 0.1) is 0 Å². The summed E-state index contributed by atoms with van der Waals surface area (Å²) in [6, 6.07) is 2.88. The average molecular weight is 307 g/mol. The van der Waals surface area contributed by atoms with E-state index in [1.807, 2.05) is 0 Å². The van der Waals surface area contributed by atoms with Gasteiger partial charge in [0.15, 0.2) is 11.5 Å². The highest BCUT2D eigenvalue weighted by Crippen LogP contribution is 2.35. The number of benzene rings is 1. The Labute approximate surface area is 127 Å². The molecule has 7 nitrogen and oxygen atoms in total. The number of amides is 1. The molecule has 2 N–H and O–H groups in total. The lowest BCUT2D eigenvalue weighted by Crippen LogP contribution is -2.27. The molecule has 0 radical (unpaired) electrons. The maximum Gasteiger partial charge on any atom is 0.337 e. The number of fused-ring (bicyclic) bond motifs is 1. The molecule has 1 atom stereocenters. The summed E-state index contributed by atoms with van der Waals surface area (Å²) >= 11 is 0. The van der Waals surface area contributed by atoms with E-state index in [0.717, 1.165) is 6.42 Å². The van der Waals surface area contributed by atoms with Gasteiger partial charge in [0.2, 0.25) is 0 Å². The SMILES string of the molecule is O=C(O)c1cc2c(cc1NC(=O)[C@H]1CCCO1)OCCCO2. The zero-order valence-electron chi connectivity index (χ0n) is 12.0. The summed E-state index contributed by atoms with van der Waals surface area (Å²) in [4.78, 5) is 23.5. The van der Waals surface area contributed by atoms with Crippen LogP contribution in [0.5, 0.6) is 11.5 Å². The standard InChI is InChI=1S/C15H17NO6/c17-14(11-3-1-4-20-11)16-10-8-13-12(7-9(10)15(18)19)21-5-2-6-22-13/h7-8,11H,1-6H2,(H,16,17)(H,18,19)/t11-/m1/s1. The lowest BCUT2D eigenvalue weighted by atomic mass is 10.1. The fraction of sp³-hybridized carbons (Fsp3) is 0.467. The molecular weight excluding hydrogens is 290 g/mol. The largest absolute Gasteiger partial charge is 0.490 e. The maximum absolute atomic E-state index is 12.1. The fourth-order valence-corrected chi connectivity index (χ4v) is 2.49. The zero-order valence-corrected chi connectivity index (χ0v) is 12.0. The van der Waals surface area contributed by atoms with Crippen LogP contribution in [0.3, 0.4) is 0 Å². The molecule has 2 aliphatic heterocycles. The van der Waals surface area contributed by atoms with Crippen molar-refractivity contribution in [1.82, 2.24) is 0 Å². The molecule has 2 aliphatic rings. The van der Waals surface area contributed by atoms with Crippen LogP contribution >= 0.6 is 0 Å². The molecule has 0 aromatic heterocycles. The molecule has 0 unspecified atom stereocenters. The molecule has 0 bridgehead atoms. The topological polar surface area (TPSA) is 94.1 Å². The number of carboxylic acids is 1. The molecule has 1 fully saturated rings. The van der Waals surface area contributed by atoms with Crippen LogP contribution in [0.4, 0.5) is 5.69 Å². The molecule has 3 rings (SSSR count). The van der Waals surface area contributed by atoms with Gasteiger partial charge in [-0.1, -0.05) is 0 Å². The minimum absolute atomic E-state index is 0.0319. The molecule has 0 saturated carbocycles. The number of carbonyl (C=O) groups excluding carboxylic acids is 1. The van der Waals surface area contributed by atoms with Gasteiger partial charge in [-0.15, -0.1) is 0 Å². The van der Waals surface area contributed by atoms with Crippen molar-refractivity contribution in [2.24, 2.45) is 0 Å². The van der Waals surface area contributed by atoms with Crippen molar-refractivity contribution in [2.75, 3.05) is 25.1 Å². The Balaban J connectivity index is 1.89. The van der Waals surface area contributed by atoms with Gasteiger partial charge in [0.25, 0.3) is 5.91 Å². The van der Waals surface area contributed by atoms with Gasteiger partial charge in [-0.3, -0.25) is 4.79 Å². The first-order valence-corrected chi connectivity index (χ1v) is 7.24. The summed E-state index contributed by atoms with van der Waals surface area (Å²) in [6.45, 7) is 1.50. The van der Waals surface area contributed by atoms with Crippen molar-refractivity contribution in [3.63, 3.8) is 0 Å². The third-order valence-electron chi connectivity index (χ3n) is 3.60. The van der Waals surface area contributed by atoms with Crippen LogP contribution in [-0.4, -0.2) is 42.9 Å². The number of carbonyl (C=O) groups is 2. The summed E-state index contributed by atoms with van der Waals surface area (Å²) in [7, 11) is 0. The summed E-state index contributed by atoms with van der Waals surface area (Å²) in [5, 5.41) is 12.0. The first kappa shape index (κ1) is 14.6. The molecule has 1 aromatic rings. The van der Waals surface area contributed by atoms with Gasteiger partial charge in [0.1, 0.15) is 6.10 Å². The van der Waals surface area contributed by atoms with E-state index in [1.165, 1.54) is 12.1 Å². The Bertz CT molecular complexity index is 594. The number of rotatable bonds is 3. The highest BCUT2D eigenvalue weighted by Gasteiger charge is 2.26. The van der Waals surface area contributed by atoms with Crippen molar-refractivity contribution in [3.8, 4) is 11.5 Å². The Kier molecular flexibility index (Phi) is 4.15. The van der Waals surface area contributed by atoms with E-state index in [4.69, 9.17) is 14.2 Å². The Morgan fingerprint density at radius 3 is 2.45 bits per heavy atom. The highest BCUT2D eigenvalue weighted by molar-refractivity contribution is 6.02. The monoisotopic (exact) mass is 307 g/mol. The van der Waals surface area contributed by atoms with Gasteiger partial charge in [0.05, 0.1) is 24.5 Å². The first-order valence-electron chi connectivity index (χ1n) is 7.24. The van der Waals surface area contributed by atoms with E-state index >= 15 is 0 Å². The number of aromatic carboxylic acids is 1. The van der Waals surface area contributed by atoms with Crippen LogP contribution in [0.25, 0.3) is 0 Å². The number of ether oxygens (including phenoxy) is 3. The number of nitrogens with one attached hydrogen (secondary N) is 1. The van der Waals surface area contributed by atoms with Gasteiger partial charge in [-0.05, 0) is 12.8 Å². The molecule has 1 aromatic carbocycles. The molecule has 0 aliphatic carbocycles. The third kappa shape index (κ3) is 2.99. The summed E-state index contributed by atoms with van der Waals surface area (Å²) < 4.78 is 16.3. The third-order valence-corrected chi connectivity index (χ3v) is 3.60. The lowest BCUT2D eigenvalue weighted by Gasteiger charge is -2.15. The van der Waals surface area contributed by atoms with Gasteiger partial charge in [-0.2, -0.15) is 0 Å². The Hall–Kier alpha value is -2.28. The van der Waals surface area contributed by atoms with Crippen LogP contribution in [0.2, 0.25) is 0 Å². The number of hydrogen-bond donors (Lipinski definition) is 2. The summed E-state index contributed by atoms with van der Waals surface area (Å²) in [5.74, 6) is -0.664. The van der Waals surface area contributed by atoms with E-state index < -0.39 is 12.1 Å². The van der Waals surface area contributed by atoms with Gasteiger partial charge >= 0.3 is 5.97 Å². The Morgan fingerprint density at radius 1 is 1.09 bits per heavy atom. The van der Waals surface area contributed by atoms with Crippen LogP contribution < -0.4 is 14.8 Å². The minimum atomic E-state index is -1.14. The van der Waals surface area contributed by atoms with Crippen LogP contribution in [0.1, 0.15) is 29.6 Å². The van der Waals surface area contributed by atoms with E-state index in [0.29, 0.717) is 44.2 Å². The van der Waals surface area contributed by atoms with Crippen molar-refractivity contribution in [2.45, 2.75) is 25.4 Å². The molecule has 1 saturated heterocycles. The minimum Gasteiger partial charge on any atom is -0.490 e. The molecule has 0 spiro atoms. The first-order chi connectivity index (χ1) is 10.6. The summed E-state index contributed by atoms with van der Waals surface area (Å²) in [6.07, 6.45) is 1.65. The number of anilines is 1. The number of carboxylic acid groups (broad SMARTS) is 1. The van der Waals surface area contributed by atoms with Crippen molar-refractivity contribution >= 4 is 17.6 Å². The van der Waals surface area contributed by atoms with Crippen molar-refractivity contribution < 1.29 is 28.9 Å². The zero-order chi connectivity index (χ0) is 15.5. The molecule has 1 amide bonds. The van der Waals surface area contributed by atoms with E-state index in [2.05, 4.69) is 5.32 Å². The van der Waals surface area contributed by atoms with E-state index in [1.54, 1.807) is 0 Å². The molecule has 22 heavy (non-hydrogen) atoms. The second kappa shape index (κ2) is 6.23. The second-order valence-corrected chi connectivity index (χ2v) is 5.19. The maximum atomic E-state index is 12.1. The molecule has 2 heterocycles. The fourth-order valence-electron chi connectivity index (χ4n) is 2.49. The predicted octanol–water partition coefficient (Wildman–Crippen LogP) is 1.66. The summed E-state index contributed by atoms with van der Waals surface area (Å²) in [5.41, 5.74) is 0.160. The van der Waals surface area contributed by atoms with E-state index in [9.17, 15) is 14.7 Å². The molecular formula is C15H17NO6. The number of hydrogen-bond acceptors (Lipinski definition) is 5. The smallest absolute Gasteiger partial charge is 0.337 e.